The van der Waals surface area contributed by atoms with Gasteiger partial charge in [-0.05, 0) is 42.0 Å². The molecule has 1 aromatic heterocycles. The summed E-state index contributed by atoms with van der Waals surface area (Å²) in [5, 5.41) is 20.1. The summed E-state index contributed by atoms with van der Waals surface area (Å²) < 4.78 is 0. The van der Waals surface area contributed by atoms with Crippen LogP contribution in [-0.2, 0) is 11.8 Å². The van der Waals surface area contributed by atoms with Crippen molar-refractivity contribution in [3.05, 3.63) is 47.5 Å². The molecule has 3 aromatic rings. The molecule has 0 saturated carbocycles. The zero-order valence-electron chi connectivity index (χ0n) is 15.6. The Bertz CT molecular complexity index is 847. The number of aryl methyl sites for hydroxylation is 1. The summed E-state index contributed by atoms with van der Waals surface area (Å²) in [6.45, 7) is 8.73. The van der Waals surface area contributed by atoms with Crippen molar-refractivity contribution >= 4 is 11.0 Å². The summed E-state index contributed by atoms with van der Waals surface area (Å²) in [6.07, 6.45) is 4.24. The summed E-state index contributed by atoms with van der Waals surface area (Å²) in [5.41, 5.74) is 4.40. The number of aromatic nitrogens is 3. The third-order valence-corrected chi connectivity index (χ3v) is 4.94. The van der Waals surface area contributed by atoms with Gasteiger partial charge in [0.15, 0.2) is 0 Å². The Kier molecular flexibility index (Phi) is 4.80. The van der Waals surface area contributed by atoms with Gasteiger partial charge in [-0.2, -0.15) is 0 Å². The fourth-order valence-electron chi connectivity index (χ4n) is 3.27. The minimum absolute atomic E-state index is 0.0907. The zero-order valence-corrected chi connectivity index (χ0v) is 15.6. The van der Waals surface area contributed by atoms with E-state index in [-0.39, 0.29) is 5.41 Å². The van der Waals surface area contributed by atoms with Gasteiger partial charge in [0, 0.05) is 5.56 Å². The van der Waals surface area contributed by atoms with E-state index in [9.17, 15) is 5.11 Å². The van der Waals surface area contributed by atoms with Crippen LogP contribution < -0.4 is 0 Å². The number of hydrogen-bond donors (Lipinski definition) is 1. The van der Waals surface area contributed by atoms with Crippen LogP contribution in [0.4, 0.5) is 0 Å². The minimum Gasteiger partial charge on any atom is -0.505 e. The fraction of sp³-hybridized carbons (Fsp3) is 0.429. The van der Waals surface area contributed by atoms with Crippen LogP contribution in [-0.4, -0.2) is 20.1 Å². The standard InChI is InChI=1S/C21H27N3O/c1-5-7-12-21(3,4)16-13-15(6-2)14-19(20(16)25)24-22-17-10-8-9-11-18(17)23-24/h8-11,13-14,25H,5-7,12H2,1-4H3. The highest BCUT2D eigenvalue weighted by Gasteiger charge is 2.26. The van der Waals surface area contributed by atoms with Crippen LogP contribution in [0.15, 0.2) is 36.4 Å². The smallest absolute Gasteiger partial charge is 0.146 e. The van der Waals surface area contributed by atoms with Crippen molar-refractivity contribution in [2.24, 2.45) is 0 Å². The average molecular weight is 337 g/mol. The highest BCUT2D eigenvalue weighted by Crippen LogP contribution is 2.39. The van der Waals surface area contributed by atoms with Gasteiger partial charge in [-0.1, -0.05) is 58.7 Å². The molecule has 0 amide bonds. The van der Waals surface area contributed by atoms with Crippen LogP contribution in [0.1, 0.15) is 58.1 Å². The number of phenolic OH excluding ortho intramolecular Hbond substituents is 1. The quantitative estimate of drug-likeness (QED) is 0.676. The van der Waals surface area contributed by atoms with Crippen LogP contribution in [0.3, 0.4) is 0 Å². The number of aromatic hydroxyl groups is 1. The average Bonchev–Trinajstić information content (AvgIpc) is 3.04. The molecule has 2 aromatic carbocycles. The fourth-order valence-corrected chi connectivity index (χ4v) is 3.27. The van der Waals surface area contributed by atoms with E-state index < -0.39 is 0 Å². The Morgan fingerprint density at radius 3 is 2.24 bits per heavy atom. The van der Waals surface area contributed by atoms with Gasteiger partial charge in [0.25, 0.3) is 0 Å². The van der Waals surface area contributed by atoms with Crippen molar-refractivity contribution in [3.63, 3.8) is 0 Å². The first kappa shape index (κ1) is 17.5. The van der Waals surface area contributed by atoms with E-state index in [1.165, 1.54) is 5.56 Å². The second-order valence-corrected chi connectivity index (χ2v) is 7.33. The van der Waals surface area contributed by atoms with E-state index in [1.807, 2.05) is 30.3 Å². The van der Waals surface area contributed by atoms with E-state index >= 15 is 0 Å². The molecule has 4 nitrogen and oxygen atoms in total. The first-order chi connectivity index (χ1) is 12.0. The zero-order chi connectivity index (χ0) is 18.0. The van der Waals surface area contributed by atoms with Gasteiger partial charge >= 0.3 is 0 Å². The number of hydrogen-bond acceptors (Lipinski definition) is 3. The van der Waals surface area contributed by atoms with E-state index in [4.69, 9.17) is 0 Å². The lowest BCUT2D eigenvalue weighted by molar-refractivity contribution is 0.407. The summed E-state index contributed by atoms with van der Waals surface area (Å²) in [5.74, 6) is 0.290. The van der Waals surface area contributed by atoms with Crippen LogP contribution in [0.25, 0.3) is 16.7 Å². The molecular weight excluding hydrogens is 310 g/mol. The molecule has 0 aliphatic heterocycles. The van der Waals surface area contributed by atoms with Gasteiger partial charge < -0.3 is 5.11 Å². The third kappa shape index (κ3) is 3.39. The normalized spacial score (nSPS) is 12.0. The van der Waals surface area contributed by atoms with Gasteiger partial charge in [0.2, 0.25) is 0 Å². The number of benzene rings is 2. The molecular formula is C21H27N3O. The maximum absolute atomic E-state index is 11.0. The number of fused-ring (bicyclic) bond motifs is 1. The predicted molar refractivity (Wildman–Crippen MR) is 102 cm³/mol. The molecule has 25 heavy (non-hydrogen) atoms. The van der Waals surface area contributed by atoms with E-state index in [0.717, 1.165) is 42.3 Å². The van der Waals surface area contributed by atoms with Gasteiger partial charge in [0.1, 0.15) is 22.5 Å². The molecule has 0 bridgehead atoms. The van der Waals surface area contributed by atoms with Crippen LogP contribution in [0, 0.1) is 0 Å². The second-order valence-electron chi connectivity index (χ2n) is 7.33. The van der Waals surface area contributed by atoms with E-state index in [2.05, 4.69) is 44.0 Å². The lowest BCUT2D eigenvalue weighted by atomic mass is 9.78. The van der Waals surface area contributed by atoms with Crippen molar-refractivity contribution in [2.45, 2.75) is 58.8 Å². The SMILES string of the molecule is CCCCC(C)(C)c1cc(CC)cc(-n2nc3ccccc3n2)c1O. The number of nitrogens with zero attached hydrogens (tertiary/aromatic N) is 3. The lowest BCUT2D eigenvalue weighted by Gasteiger charge is -2.27. The molecule has 0 atom stereocenters. The Morgan fingerprint density at radius 2 is 1.68 bits per heavy atom. The molecule has 0 aliphatic carbocycles. The Morgan fingerprint density at radius 1 is 1.04 bits per heavy atom. The monoisotopic (exact) mass is 337 g/mol. The maximum atomic E-state index is 11.0. The van der Waals surface area contributed by atoms with Gasteiger partial charge in [-0.25, -0.2) is 0 Å². The molecule has 0 unspecified atom stereocenters. The maximum Gasteiger partial charge on any atom is 0.146 e. The number of rotatable bonds is 6. The van der Waals surface area contributed by atoms with Crippen LogP contribution >= 0.6 is 0 Å². The van der Waals surface area contributed by atoms with E-state index in [1.54, 1.807) is 4.80 Å². The molecule has 132 valence electrons. The largest absolute Gasteiger partial charge is 0.505 e. The molecule has 1 N–H and O–H groups in total. The lowest BCUT2D eigenvalue weighted by Crippen LogP contribution is -2.18. The molecule has 0 fully saturated rings. The number of unbranched alkanes of at least 4 members (excludes halogenated alkanes) is 1. The summed E-state index contributed by atoms with van der Waals surface area (Å²) in [4.78, 5) is 1.57. The summed E-state index contributed by atoms with van der Waals surface area (Å²) in [7, 11) is 0. The summed E-state index contributed by atoms with van der Waals surface area (Å²) >= 11 is 0. The molecule has 3 rings (SSSR count). The Hall–Kier alpha value is -2.36. The van der Waals surface area contributed by atoms with Gasteiger partial charge in [0.05, 0.1) is 0 Å². The van der Waals surface area contributed by atoms with Crippen molar-refractivity contribution < 1.29 is 5.11 Å². The highest BCUT2D eigenvalue weighted by molar-refractivity contribution is 5.73. The van der Waals surface area contributed by atoms with Crippen molar-refractivity contribution in [1.29, 1.82) is 0 Å². The molecule has 1 heterocycles. The minimum atomic E-state index is -0.0907. The van der Waals surface area contributed by atoms with Gasteiger partial charge in [-0.3, -0.25) is 0 Å². The Labute approximate surface area is 149 Å². The van der Waals surface area contributed by atoms with Gasteiger partial charge in [-0.15, -0.1) is 15.0 Å². The Balaban J connectivity index is 2.14. The molecule has 0 saturated heterocycles. The van der Waals surface area contributed by atoms with E-state index in [0.29, 0.717) is 11.4 Å². The van der Waals surface area contributed by atoms with Crippen molar-refractivity contribution in [3.8, 4) is 11.4 Å². The molecule has 4 heteroatoms. The second kappa shape index (κ2) is 6.87. The molecule has 0 aliphatic rings. The molecule has 0 spiro atoms. The summed E-state index contributed by atoms with van der Waals surface area (Å²) in [6, 6.07) is 11.9. The van der Waals surface area contributed by atoms with Crippen molar-refractivity contribution in [1.82, 2.24) is 15.0 Å². The van der Waals surface area contributed by atoms with Crippen molar-refractivity contribution in [2.75, 3.05) is 0 Å². The van der Waals surface area contributed by atoms with Crippen LogP contribution in [0.5, 0.6) is 5.75 Å². The first-order valence-electron chi connectivity index (χ1n) is 9.15. The van der Waals surface area contributed by atoms with Crippen LogP contribution in [0.2, 0.25) is 0 Å². The third-order valence-electron chi connectivity index (χ3n) is 4.94. The highest BCUT2D eigenvalue weighted by atomic mass is 16.3. The molecule has 0 radical (unpaired) electrons. The number of phenols is 1. The predicted octanol–water partition coefficient (Wildman–Crippen LogP) is 5.16. The topological polar surface area (TPSA) is 50.9 Å². The first-order valence-corrected chi connectivity index (χ1v) is 9.15.